The van der Waals surface area contributed by atoms with Gasteiger partial charge in [-0.25, -0.2) is 13.4 Å². The number of rotatable bonds is 5. The van der Waals surface area contributed by atoms with E-state index < -0.39 is 10.0 Å². The molecule has 6 nitrogen and oxygen atoms in total. The zero-order chi connectivity index (χ0) is 18.9. The van der Waals surface area contributed by atoms with E-state index >= 15 is 0 Å². The first-order chi connectivity index (χ1) is 12.3. The Hall–Kier alpha value is -2.29. The standard InChI is InChI=1S/C18H19N3O3S2/c1-12(2)21(3)26(23,24)15-7-4-13(5-8-15)18(22)20-14-6-9-17-16(10-14)19-11-25-17/h4-12H,1-3H3,(H,20,22). The van der Waals surface area contributed by atoms with Gasteiger partial charge in [0, 0.05) is 24.3 Å². The van der Waals surface area contributed by atoms with Crippen LogP contribution in [0.5, 0.6) is 0 Å². The lowest BCUT2D eigenvalue weighted by atomic mass is 10.2. The van der Waals surface area contributed by atoms with Gasteiger partial charge in [0.15, 0.2) is 0 Å². The summed E-state index contributed by atoms with van der Waals surface area (Å²) in [5.41, 5.74) is 3.61. The first kappa shape index (κ1) is 18.5. The minimum atomic E-state index is -3.56. The number of carbonyl (C=O) groups excluding carboxylic acids is 1. The van der Waals surface area contributed by atoms with Crippen LogP contribution in [0.15, 0.2) is 52.9 Å². The van der Waals surface area contributed by atoms with Crippen molar-refractivity contribution in [3.8, 4) is 0 Å². The predicted octanol–water partition coefficient (Wildman–Crippen LogP) is 3.58. The fraction of sp³-hybridized carbons (Fsp3) is 0.222. The summed E-state index contributed by atoms with van der Waals surface area (Å²) in [5, 5.41) is 2.81. The zero-order valence-electron chi connectivity index (χ0n) is 14.6. The lowest BCUT2D eigenvalue weighted by Gasteiger charge is -2.21. The van der Waals surface area contributed by atoms with Crippen molar-refractivity contribution in [2.45, 2.75) is 24.8 Å². The first-order valence-electron chi connectivity index (χ1n) is 8.02. The van der Waals surface area contributed by atoms with Gasteiger partial charge in [0.1, 0.15) is 0 Å². The van der Waals surface area contributed by atoms with Crippen molar-refractivity contribution in [3.05, 3.63) is 53.5 Å². The Morgan fingerprint density at radius 2 is 1.85 bits per heavy atom. The molecule has 2 aromatic carbocycles. The van der Waals surface area contributed by atoms with Crippen molar-refractivity contribution in [2.24, 2.45) is 0 Å². The number of carbonyl (C=O) groups is 1. The van der Waals surface area contributed by atoms with Gasteiger partial charge in [-0.2, -0.15) is 4.31 Å². The molecule has 8 heteroatoms. The van der Waals surface area contributed by atoms with E-state index in [1.807, 2.05) is 12.1 Å². The summed E-state index contributed by atoms with van der Waals surface area (Å²) in [6, 6.07) is 11.3. The van der Waals surface area contributed by atoms with Crippen LogP contribution >= 0.6 is 11.3 Å². The first-order valence-corrected chi connectivity index (χ1v) is 10.3. The number of nitrogens with zero attached hydrogens (tertiary/aromatic N) is 2. The highest BCUT2D eigenvalue weighted by Gasteiger charge is 2.23. The van der Waals surface area contributed by atoms with Gasteiger partial charge in [0.2, 0.25) is 10.0 Å². The smallest absolute Gasteiger partial charge is 0.255 e. The molecule has 0 spiro atoms. The van der Waals surface area contributed by atoms with Crippen LogP contribution < -0.4 is 5.32 Å². The maximum Gasteiger partial charge on any atom is 0.255 e. The highest BCUT2D eigenvalue weighted by Crippen LogP contribution is 2.22. The highest BCUT2D eigenvalue weighted by molar-refractivity contribution is 7.89. The summed E-state index contributed by atoms with van der Waals surface area (Å²) in [7, 11) is -2.03. The molecule has 1 aromatic heterocycles. The Labute approximate surface area is 156 Å². The lowest BCUT2D eigenvalue weighted by molar-refractivity contribution is 0.102. The van der Waals surface area contributed by atoms with Gasteiger partial charge in [-0.15, -0.1) is 11.3 Å². The van der Waals surface area contributed by atoms with Crippen LogP contribution in [0.4, 0.5) is 5.69 Å². The number of aromatic nitrogens is 1. The number of anilines is 1. The average Bonchev–Trinajstić information content (AvgIpc) is 3.08. The fourth-order valence-corrected chi connectivity index (χ4v) is 4.39. The summed E-state index contributed by atoms with van der Waals surface area (Å²) in [6.45, 7) is 3.61. The minimum Gasteiger partial charge on any atom is -0.322 e. The molecule has 136 valence electrons. The minimum absolute atomic E-state index is 0.149. The number of fused-ring (bicyclic) bond motifs is 1. The van der Waals surface area contributed by atoms with Crippen molar-refractivity contribution < 1.29 is 13.2 Å². The largest absolute Gasteiger partial charge is 0.322 e. The molecular weight excluding hydrogens is 370 g/mol. The average molecular weight is 390 g/mol. The summed E-state index contributed by atoms with van der Waals surface area (Å²) < 4.78 is 27.3. The van der Waals surface area contributed by atoms with Gasteiger partial charge in [-0.05, 0) is 56.3 Å². The maximum atomic E-state index is 12.5. The van der Waals surface area contributed by atoms with Gasteiger partial charge < -0.3 is 5.32 Å². The molecule has 1 heterocycles. The predicted molar refractivity (Wildman–Crippen MR) is 104 cm³/mol. The molecule has 0 atom stereocenters. The molecule has 0 radical (unpaired) electrons. The molecule has 0 saturated heterocycles. The Morgan fingerprint density at radius 1 is 1.15 bits per heavy atom. The van der Waals surface area contributed by atoms with E-state index in [-0.39, 0.29) is 16.8 Å². The van der Waals surface area contributed by atoms with Crippen molar-refractivity contribution in [2.75, 3.05) is 12.4 Å². The number of benzene rings is 2. The second-order valence-corrected chi connectivity index (χ2v) is 9.01. The van der Waals surface area contributed by atoms with Gasteiger partial charge in [0.25, 0.3) is 5.91 Å². The molecule has 26 heavy (non-hydrogen) atoms. The highest BCUT2D eigenvalue weighted by atomic mass is 32.2. The van der Waals surface area contributed by atoms with Gasteiger partial charge in [0.05, 0.1) is 20.6 Å². The van der Waals surface area contributed by atoms with Gasteiger partial charge in [-0.3, -0.25) is 4.79 Å². The number of hydrogen-bond acceptors (Lipinski definition) is 5. The molecule has 0 fully saturated rings. The van der Waals surface area contributed by atoms with Crippen LogP contribution in [-0.2, 0) is 10.0 Å². The molecule has 1 amide bonds. The van der Waals surface area contributed by atoms with Gasteiger partial charge >= 0.3 is 0 Å². The normalized spacial score (nSPS) is 12.0. The second kappa shape index (κ2) is 7.14. The number of sulfonamides is 1. The third-order valence-electron chi connectivity index (χ3n) is 4.11. The number of nitrogens with one attached hydrogen (secondary N) is 1. The van der Waals surface area contributed by atoms with Gasteiger partial charge in [-0.1, -0.05) is 0 Å². The van der Waals surface area contributed by atoms with E-state index in [0.29, 0.717) is 11.3 Å². The Kier molecular flexibility index (Phi) is 5.08. The lowest BCUT2D eigenvalue weighted by Crippen LogP contribution is -2.33. The Morgan fingerprint density at radius 3 is 2.50 bits per heavy atom. The van der Waals surface area contributed by atoms with E-state index in [1.165, 1.54) is 47.0 Å². The third-order valence-corrected chi connectivity index (χ3v) is 6.97. The molecule has 0 unspecified atom stereocenters. The van der Waals surface area contributed by atoms with E-state index in [2.05, 4.69) is 10.3 Å². The number of hydrogen-bond donors (Lipinski definition) is 1. The summed E-state index contributed by atoms with van der Waals surface area (Å²) in [6.07, 6.45) is 0. The topological polar surface area (TPSA) is 79.4 Å². The van der Waals surface area contributed by atoms with Crippen molar-refractivity contribution in [1.82, 2.24) is 9.29 Å². The molecule has 0 aliphatic heterocycles. The zero-order valence-corrected chi connectivity index (χ0v) is 16.3. The maximum absolute atomic E-state index is 12.5. The molecule has 0 saturated carbocycles. The summed E-state index contributed by atoms with van der Waals surface area (Å²) in [4.78, 5) is 16.8. The van der Waals surface area contributed by atoms with E-state index in [0.717, 1.165) is 10.2 Å². The number of thiazole rings is 1. The molecule has 3 rings (SSSR count). The van der Waals surface area contributed by atoms with Crippen LogP contribution in [0.2, 0.25) is 0 Å². The molecule has 0 bridgehead atoms. The van der Waals surface area contributed by atoms with E-state index in [4.69, 9.17) is 0 Å². The van der Waals surface area contributed by atoms with Crippen molar-refractivity contribution in [1.29, 1.82) is 0 Å². The number of amides is 1. The molecular formula is C18H19N3O3S2. The Bertz CT molecular complexity index is 1040. The quantitative estimate of drug-likeness (QED) is 0.723. The molecule has 0 aliphatic carbocycles. The van der Waals surface area contributed by atoms with Crippen LogP contribution in [0.3, 0.4) is 0 Å². The Balaban J connectivity index is 1.78. The monoisotopic (exact) mass is 389 g/mol. The van der Waals surface area contributed by atoms with E-state index in [1.54, 1.807) is 25.4 Å². The van der Waals surface area contributed by atoms with Crippen LogP contribution in [0.25, 0.3) is 10.2 Å². The molecule has 1 N–H and O–H groups in total. The second-order valence-electron chi connectivity index (χ2n) is 6.13. The van der Waals surface area contributed by atoms with Crippen LogP contribution in [-0.4, -0.2) is 36.7 Å². The summed E-state index contributed by atoms with van der Waals surface area (Å²) in [5.74, 6) is -0.305. The van der Waals surface area contributed by atoms with E-state index in [9.17, 15) is 13.2 Å². The molecule has 3 aromatic rings. The fourth-order valence-electron chi connectivity index (χ4n) is 2.36. The van der Waals surface area contributed by atoms with Crippen molar-refractivity contribution >= 4 is 43.2 Å². The SMILES string of the molecule is CC(C)N(C)S(=O)(=O)c1ccc(C(=O)Nc2ccc3scnc3c2)cc1. The van der Waals surface area contributed by atoms with Crippen LogP contribution in [0, 0.1) is 0 Å². The van der Waals surface area contributed by atoms with Crippen LogP contribution in [0.1, 0.15) is 24.2 Å². The summed E-state index contributed by atoms with van der Waals surface area (Å²) >= 11 is 1.53. The third kappa shape index (κ3) is 3.62. The molecule has 0 aliphatic rings. The van der Waals surface area contributed by atoms with Crippen molar-refractivity contribution in [3.63, 3.8) is 0 Å².